The lowest BCUT2D eigenvalue weighted by atomic mass is 10.1. The maximum absolute atomic E-state index is 11.7. The van der Waals surface area contributed by atoms with Crippen molar-refractivity contribution in [3.8, 4) is 0 Å². The molecule has 1 fully saturated rings. The molecule has 0 radical (unpaired) electrons. The molecule has 108 valence electrons. The van der Waals surface area contributed by atoms with Crippen LogP contribution in [0.2, 0.25) is 0 Å². The van der Waals surface area contributed by atoms with E-state index in [0.29, 0.717) is 12.4 Å². The van der Waals surface area contributed by atoms with Crippen molar-refractivity contribution >= 4 is 17.6 Å². The summed E-state index contributed by atoms with van der Waals surface area (Å²) in [6.07, 6.45) is 2.74. The van der Waals surface area contributed by atoms with Gasteiger partial charge in [-0.15, -0.1) is 0 Å². The number of hydrogen-bond acceptors (Lipinski definition) is 5. The Hall–Kier alpha value is -1.95. The zero-order valence-electron chi connectivity index (χ0n) is 11.8. The second kappa shape index (κ2) is 6.47. The van der Waals surface area contributed by atoms with Gasteiger partial charge in [-0.3, -0.25) is 14.9 Å². The second-order valence-electron chi connectivity index (χ2n) is 4.88. The highest BCUT2D eigenvalue weighted by Gasteiger charge is 2.32. The molecule has 1 aliphatic rings. The summed E-state index contributed by atoms with van der Waals surface area (Å²) in [6, 6.07) is 3.44. The highest BCUT2D eigenvalue weighted by Crippen LogP contribution is 2.21. The van der Waals surface area contributed by atoms with Crippen molar-refractivity contribution in [3.63, 3.8) is 0 Å². The van der Waals surface area contributed by atoms with Crippen LogP contribution in [0.4, 0.5) is 5.82 Å². The Morgan fingerprint density at radius 2 is 2.30 bits per heavy atom. The molecule has 1 saturated heterocycles. The predicted molar refractivity (Wildman–Crippen MR) is 76.2 cm³/mol. The van der Waals surface area contributed by atoms with E-state index in [0.717, 1.165) is 18.5 Å². The first kappa shape index (κ1) is 14.5. The normalized spacial score (nSPS) is 19.1. The lowest BCUT2D eigenvalue weighted by Gasteiger charge is -2.33. The Labute approximate surface area is 118 Å². The molecule has 2 heterocycles. The molecule has 20 heavy (non-hydrogen) atoms. The quantitative estimate of drug-likeness (QED) is 0.603. The highest BCUT2D eigenvalue weighted by molar-refractivity contribution is 6.04. The summed E-state index contributed by atoms with van der Waals surface area (Å²) < 4.78 is 0. The van der Waals surface area contributed by atoms with Gasteiger partial charge in [-0.1, -0.05) is 13.0 Å². The van der Waals surface area contributed by atoms with Crippen molar-refractivity contribution < 1.29 is 9.59 Å². The molecular weight excluding hydrogens is 256 g/mol. The van der Waals surface area contributed by atoms with E-state index < -0.39 is 6.04 Å². The summed E-state index contributed by atoms with van der Waals surface area (Å²) in [5, 5.41) is 5.65. The number of pyridine rings is 1. The van der Waals surface area contributed by atoms with E-state index in [9.17, 15) is 9.59 Å². The molecule has 0 saturated carbocycles. The molecule has 2 N–H and O–H groups in total. The molecule has 1 unspecified atom stereocenters. The van der Waals surface area contributed by atoms with Crippen LogP contribution in [0, 0.1) is 0 Å². The summed E-state index contributed by atoms with van der Waals surface area (Å²) in [6.45, 7) is 5.64. The molecule has 2 amide bonds. The Morgan fingerprint density at radius 3 is 3.05 bits per heavy atom. The SMILES string of the molecule is CCCNCc1cccnc1N1CC(=O)NC(=O)C1C. The molecule has 1 aromatic rings. The van der Waals surface area contributed by atoms with Crippen LogP contribution in [0.1, 0.15) is 25.8 Å². The number of hydrogen-bond donors (Lipinski definition) is 2. The van der Waals surface area contributed by atoms with Crippen LogP contribution >= 0.6 is 0 Å². The molecule has 0 spiro atoms. The van der Waals surface area contributed by atoms with Crippen molar-refractivity contribution in [1.82, 2.24) is 15.6 Å². The van der Waals surface area contributed by atoms with E-state index in [-0.39, 0.29) is 18.4 Å². The largest absolute Gasteiger partial charge is 0.335 e. The minimum atomic E-state index is -0.396. The number of rotatable bonds is 5. The van der Waals surface area contributed by atoms with Crippen LogP contribution in [-0.4, -0.2) is 35.9 Å². The molecule has 0 bridgehead atoms. The van der Waals surface area contributed by atoms with E-state index in [1.54, 1.807) is 18.0 Å². The van der Waals surface area contributed by atoms with Gasteiger partial charge >= 0.3 is 0 Å². The highest BCUT2D eigenvalue weighted by atomic mass is 16.2. The molecular formula is C14H20N4O2. The van der Waals surface area contributed by atoms with Gasteiger partial charge in [0.1, 0.15) is 11.9 Å². The molecule has 0 aliphatic carbocycles. The van der Waals surface area contributed by atoms with Crippen LogP contribution in [0.3, 0.4) is 0 Å². The van der Waals surface area contributed by atoms with E-state index >= 15 is 0 Å². The van der Waals surface area contributed by atoms with Gasteiger partial charge in [0.25, 0.3) is 0 Å². The monoisotopic (exact) mass is 276 g/mol. The standard InChI is InChI=1S/C14H20N4O2/c1-3-6-15-8-11-5-4-7-16-13(11)18-9-12(19)17-14(20)10(18)2/h4-5,7,10,15H,3,6,8-9H2,1-2H3,(H,17,19,20). The molecule has 6 nitrogen and oxygen atoms in total. The van der Waals surface area contributed by atoms with Crippen molar-refractivity contribution in [2.45, 2.75) is 32.9 Å². The predicted octanol–water partition coefficient (Wildman–Crippen LogP) is 0.432. The van der Waals surface area contributed by atoms with Gasteiger partial charge in [-0.05, 0) is 26.0 Å². The number of carbonyl (C=O) groups is 2. The maximum Gasteiger partial charge on any atom is 0.249 e. The summed E-state index contributed by atoms with van der Waals surface area (Å²) in [5.41, 5.74) is 0.996. The van der Waals surface area contributed by atoms with Gasteiger partial charge in [0.05, 0.1) is 6.54 Å². The third kappa shape index (κ3) is 3.14. The smallest absolute Gasteiger partial charge is 0.249 e. The number of piperazine rings is 1. The van der Waals surface area contributed by atoms with Gasteiger partial charge in [0.2, 0.25) is 11.8 Å². The van der Waals surface area contributed by atoms with E-state index in [4.69, 9.17) is 0 Å². The van der Waals surface area contributed by atoms with Crippen LogP contribution < -0.4 is 15.5 Å². The van der Waals surface area contributed by atoms with E-state index in [2.05, 4.69) is 22.5 Å². The van der Waals surface area contributed by atoms with Crippen molar-refractivity contribution in [2.24, 2.45) is 0 Å². The topological polar surface area (TPSA) is 74.3 Å². The van der Waals surface area contributed by atoms with Crippen LogP contribution in [0.15, 0.2) is 18.3 Å². The zero-order chi connectivity index (χ0) is 14.5. The van der Waals surface area contributed by atoms with Gasteiger partial charge in [-0.2, -0.15) is 0 Å². The number of imide groups is 1. The fraction of sp³-hybridized carbons (Fsp3) is 0.500. The second-order valence-corrected chi connectivity index (χ2v) is 4.88. The Morgan fingerprint density at radius 1 is 1.50 bits per heavy atom. The Balaban J connectivity index is 2.22. The third-order valence-corrected chi connectivity index (χ3v) is 3.31. The molecule has 2 rings (SSSR count). The molecule has 6 heteroatoms. The van der Waals surface area contributed by atoms with Gasteiger partial charge < -0.3 is 10.2 Å². The van der Waals surface area contributed by atoms with Gasteiger partial charge in [0.15, 0.2) is 0 Å². The minimum absolute atomic E-state index is 0.157. The third-order valence-electron chi connectivity index (χ3n) is 3.31. The zero-order valence-corrected chi connectivity index (χ0v) is 11.8. The lowest BCUT2D eigenvalue weighted by molar-refractivity contribution is -0.132. The van der Waals surface area contributed by atoms with E-state index in [1.165, 1.54) is 0 Å². The molecule has 1 atom stereocenters. The number of aromatic nitrogens is 1. The van der Waals surface area contributed by atoms with Crippen LogP contribution in [0.25, 0.3) is 0 Å². The fourth-order valence-electron chi connectivity index (χ4n) is 2.20. The van der Waals surface area contributed by atoms with Crippen molar-refractivity contribution in [3.05, 3.63) is 23.9 Å². The summed E-state index contributed by atoms with van der Waals surface area (Å²) in [4.78, 5) is 29.4. The average molecular weight is 276 g/mol. The number of anilines is 1. The van der Waals surface area contributed by atoms with Gasteiger partial charge in [0, 0.05) is 18.3 Å². The lowest BCUT2D eigenvalue weighted by Crippen LogP contribution is -2.57. The number of nitrogens with zero attached hydrogens (tertiary/aromatic N) is 2. The first-order valence-electron chi connectivity index (χ1n) is 6.88. The maximum atomic E-state index is 11.7. The van der Waals surface area contributed by atoms with Crippen molar-refractivity contribution in [2.75, 3.05) is 18.0 Å². The fourth-order valence-corrected chi connectivity index (χ4v) is 2.20. The van der Waals surface area contributed by atoms with Crippen molar-refractivity contribution in [1.29, 1.82) is 0 Å². The van der Waals surface area contributed by atoms with Gasteiger partial charge in [-0.25, -0.2) is 4.98 Å². The van der Waals surface area contributed by atoms with E-state index in [1.807, 2.05) is 12.1 Å². The van der Waals surface area contributed by atoms with Crippen LogP contribution in [0.5, 0.6) is 0 Å². The summed E-state index contributed by atoms with van der Waals surface area (Å²) in [7, 11) is 0. The molecule has 1 aromatic heterocycles. The van der Waals surface area contributed by atoms with Crippen LogP contribution in [-0.2, 0) is 16.1 Å². The first-order valence-corrected chi connectivity index (χ1v) is 6.88. The number of amides is 2. The number of carbonyl (C=O) groups excluding carboxylic acids is 2. The Bertz CT molecular complexity index is 504. The minimum Gasteiger partial charge on any atom is -0.335 e. The summed E-state index contributed by atoms with van der Waals surface area (Å²) in [5.74, 6) is 0.136. The summed E-state index contributed by atoms with van der Waals surface area (Å²) >= 11 is 0. The molecule has 1 aliphatic heterocycles. The average Bonchev–Trinajstić information content (AvgIpc) is 2.44. The number of nitrogens with one attached hydrogen (secondary N) is 2. The molecule has 0 aromatic carbocycles. The Kier molecular flexibility index (Phi) is 4.68. The first-order chi connectivity index (χ1) is 9.63.